The van der Waals surface area contributed by atoms with E-state index in [4.69, 9.17) is 0 Å². The lowest BCUT2D eigenvalue weighted by Gasteiger charge is -2.07. The summed E-state index contributed by atoms with van der Waals surface area (Å²) in [6.07, 6.45) is 14.8. The van der Waals surface area contributed by atoms with Crippen LogP contribution in [0.2, 0.25) is 0 Å². The number of rotatable bonds is 4. The standard InChI is InChI=1S/C21H20/c1(4-16-10-12-18-6-2-8-20(18)14-16)5-17-11-13-19-7-3-9-21(19)15-17/h2-3,8-15H,1,4-7H2. The predicted molar refractivity (Wildman–Crippen MR) is 90.4 cm³/mol. The first-order valence-corrected chi connectivity index (χ1v) is 7.95. The van der Waals surface area contributed by atoms with E-state index in [1.165, 1.54) is 52.6 Å². The van der Waals surface area contributed by atoms with Gasteiger partial charge in [0.1, 0.15) is 0 Å². The second-order valence-corrected chi connectivity index (χ2v) is 6.13. The zero-order valence-corrected chi connectivity index (χ0v) is 12.3. The van der Waals surface area contributed by atoms with Crippen molar-refractivity contribution in [3.8, 4) is 0 Å². The van der Waals surface area contributed by atoms with E-state index in [9.17, 15) is 0 Å². The van der Waals surface area contributed by atoms with E-state index in [1.54, 1.807) is 0 Å². The molecule has 2 aliphatic rings. The average Bonchev–Trinajstić information content (AvgIpc) is 3.14. The summed E-state index contributed by atoms with van der Waals surface area (Å²) < 4.78 is 0. The van der Waals surface area contributed by atoms with Crippen LogP contribution < -0.4 is 0 Å². The number of benzene rings is 2. The third kappa shape index (κ3) is 2.58. The van der Waals surface area contributed by atoms with Crippen molar-refractivity contribution in [2.24, 2.45) is 0 Å². The first-order valence-electron chi connectivity index (χ1n) is 7.95. The number of allylic oxidation sites excluding steroid dienone is 2. The molecule has 2 aromatic carbocycles. The third-order valence-corrected chi connectivity index (χ3v) is 4.62. The Kier molecular flexibility index (Phi) is 3.23. The number of hydrogen-bond acceptors (Lipinski definition) is 0. The quantitative estimate of drug-likeness (QED) is 0.734. The maximum atomic E-state index is 2.37. The van der Waals surface area contributed by atoms with Gasteiger partial charge < -0.3 is 0 Å². The van der Waals surface area contributed by atoms with Crippen molar-refractivity contribution in [3.05, 3.63) is 81.9 Å². The van der Waals surface area contributed by atoms with Crippen LogP contribution in [-0.2, 0) is 25.7 Å². The molecule has 0 fully saturated rings. The fourth-order valence-corrected chi connectivity index (χ4v) is 3.40. The monoisotopic (exact) mass is 272 g/mol. The van der Waals surface area contributed by atoms with Gasteiger partial charge in [0.25, 0.3) is 0 Å². The summed E-state index contributed by atoms with van der Waals surface area (Å²) in [5.74, 6) is 0. The fraction of sp³-hybridized carbons (Fsp3) is 0.238. The Hall–Kier alpha value is -2.08. The molecule has 0 amide bonds. The average molecular weight is 272 g/mol. The third-order valence-electron chi connectivity index (χ3n) is 4.62. The second kappa shape index (κ2) is 5.37. The van der Waals surface area contributed by atoms with Crippen LogP contribution in [0, 0.1) is 0 Å². The molecule has 0 spiro atoms. The molecule has 0 atom stereocenters. The minimum Gasteiger partial charge on any atom is -0.0795 e. The molecule has 0 N–H and O–H groups in total. The highest BCUT2D eigenvalue weighted by Crippen LogP contribution is 2.23. The Bertz CT molecular complexity index is 668. The largest absolute Gasteiger partial charge is 0.0795 e. The Morgan fingerprint density at radius 1 is 0.667 bits per heavy atom. The first-order chi connectivity index (χ1) is 10.4. The van der Waals surface area contributed by atoms with Crippen molar-refractivity contribution in [2.45, 2.75) is 32.1 Å². The summed E-state index contributed by atoms with van der Waals surface area (Å²) in [5.41, 5.74) is 8.75. The maximum absolute atomic E-state index is 2.37. The topological polar surface area (TPSA) is 0 Å². The van der Waals surface area contributed by atoms with Crippen LogP contribution in [0.25, 0.3) is 12.2 Å². The molecule has 21 heavy (non-hydrogen) atoms. The molecule has 0 unspecified atom stereocenters. The van der Waals surface area contributed by atoms with Gasteiger partial charge >= 0.3 is 0 Å². The molecule has 104 valence electrons. The molecule has 0 bridgehead atoms. The highest BCUT2D eigenvalue weighted by atomic mass is 14.1. The minimum atomic E-state index is 1.11. The summed E-state index contributed by atoms with van der Waals surface area (Å²) in [6.45, 7) is 0. The lowest BCUT2D eigenvalue weighted by Crippen LogP contribution is -1.93. The molecular weight excluding hydrogens is 252 g/mol. The zero-order chi connectivity index (χ0) is 14.1. The van der Waals surface area contributed by atoms with Gasteiger partial charge in [-0.15, -0.1) is 0 Å². The molecule has 0 aromatic heterocycles. The van der Waals surface area contributed by atoms with E-state index in [2.05, 4.69) is 60.7 Å². The fourth-order valence-electron chi connectivity index (χ4n) is 3.40. The van der Waals surface area contributed by atoms with Crippen molar-refractivity contribution in [1.82, 2.24) is 0 Å². The summed E-state index contributed by atoms with van der Waals surface area (Å²) in [7, 11) is 0. The van der Waals surface area contributed by atoms with Crippen molar-refractivity contribution in [2.75, 3.05) is 0 Å². The summed E-state index contributed by atoms with van der Waals surface area (Å²) in [4.78, 5) is 0. The van der Waals surface area contributed by atoms with Crippen molar-refractivity contribution in [3.63, 3.8) is 0 Å². The van der Waals surface area contributed by atoms with Crippen molar-refractivity contribution < 1.29 is 0 Å². The van der Waals surface area contributed by atoms with Crippen molar-refractivity contribution in [1.29, 1.82) is 0 Å². The molecule has 2 aromatic rings. The lowest BCUT2D eigenvalue weighted by molar-refractivity contribution is 0.819. The molecule has 2 aliphatic carbocycles. The lowest BCUT2D eigenvalue weighted by atomic mass is 9.99. The van der Waals surface area contributed by atoms with Gasteiger partial charge in [0, 0.05) is 0 Å². The molecule has 0 saturated heterocycles. The molecule has 0 radical (unpaired) electrons. The molecular formula is C21H20. The Labute approximate surface area is 126 Å². The van der Waals surface area contributed by atoms with Crippen LogP contribution in [0.1, 0.15) is 39.8 Å². The normalized spacial score (nSPS) is 14.5. The van der Waals surface area contributed by atoms with E-state index in [0.717, 1.165) is 12.8 Å². The minimum absolute atomic E-state index is 1.11. The van der Waals surface area contributed by atoms with Gasteiger partial charge in [0.05, 0.1) is 0 Å². The van der Waals surface area contributed by atoms with E-state index in [1.807, 2.05) is 0 Å². The highest BCUT2D eigenvalue weighted by Gasteiger charge is 2.07. The zero-order valence-electron chi connectivity index (χ0n) is 12.3. The first kappa shape index (κ1) is 12.6. The Morgan fingerprint density at radius 2 is 1.19 bits per heavy atom. The SMILES string of the molecule is C1=Cc2cc(CCCc3ccc4c(c3)C=CC4)ccc2C1. The summed E-state index contributed by atoms with van der Waals surface area (Å²) >= 11 is 0. The molecule has 0 nitrogen and oxygen atoms in total. The van der Waals surface area contributed by atoms with Crippen molar-refractivity contribution >= 4 is 12.2 Å². The van der Waals surface area contributed by atoms with Crippen LogP contribution >= 0.6 is 0 Å². The second-order valence-electron chi connectivity index (χ2n) is 6.13. The van der Waals surface area contributed by atoms with Crippen LogP contribution in [0.4, 0.5) is 0 Å². The van der Waals surface area contributed by atoms with Gasteiger partial charge in [-0.1, -0.05) is 60.7 Å². The van der Waals surface area contributed by atoms with E-state index in [-0.39, 0.29) is 0 Å². The summed E-state index contributed by atoms with van der Waals surface area (Å²) in [5, 5.41) is 0. The highest BCUT2D eigenvalue weighted by molar-refractivity contribution is 5.61. The van der Waals surface area contributed by atoms with E-state index >= 15 is 0 Å². The van der Waals surface area contributed by atoms with Crippen LogP contribution in [0.3, 0.4) is 0 Å². The molecule has 4 rings (SSSR count). The number of hydrogen-bond donors (Lipinski definition) is 0. The van der Waals surface area contributed by atoms with Gasteiger partial charge in [0.2, 0.25) is 0 Å². The Balaban J connectivity index is 1.39. The van der Waals surface area contributed by atoms with Gasteiger partial charge in [-0.05, 0) is 65.5 Å². The Morgan fingerprint density at radius 3 is 1.71 bits per heavy atom. The number of fused-ring (bicyclic) bond motifs is 2. The van der Waals surface area contributed by atoms with E-state index < -0.39 is 0 Å². The molecule has 0 aliphatic heterocycles. The van der Waals surface area contributed by atoms with Gasteiger partial charge in [-0.2, -0.15) is 0 Å². The predicted octanol–water partition coefficient (Wildman–Crippen LogP) is 5.00. The number of aryl methyl sites for hydroxylation is 2. The van der Waals surface area contributed by atoms with Gasteiger partial charge in [0.15, 0.2) is 0 Å². The molecule has 0 saturated carbocycles. The maximum Gasteiger partial charge on any atom is -0.00882 e. The van der Waals surface area contributed by atoms with Crippen LogP contribution in [0.5, 0.6) is 0 Å². The van der Waals surface area contributed by atoms with Gasteiger partial charge in [-0.25, -0.2) is 0 Å². The smallest absolute Gasteiger partial charge is 0.00882 e. The van der Waals surface area contributed by atoms with E-state index in [0.29, 0.717) is 0 Å². The summed E-state index contributed by atoms with van der Waals surface area (Å²) in [6, 6.07) is 13.9. The van der Waals surface area contributed by atoms with Crippen LogP contribution in [-0.4, -0.2) is 0 Å². The van der Waals surface area contributed by atoms with Gasteiger partial charge in [-0.3, -0.25) is 0 Å². The molecule has 0 heterocycles. The van der Waals surface area contributed by atoms with Crippen LogP contribution in [0.15, 0.2) is 48.6 Å². The molecule has 0 heteroatoms.